The Morgan fingerprint density at radius 2 is 2.00 bits per heavy atom. The highest BCUT2D eigenvalue weighted by molar-refractivity contribution is 7.11. The minimum absolute atomic E-state index is 0.452. The van der Waals surface area contributed by atoms with E-state index in [1.807, 2.05) is 11.3 Å². The van der Waals surface area contributed by atoms with Gasteiger partial charge < -0.3 is 5.73 Å². The molecular weight excluding hydrogens is 192 g/mol. The van der Waals surface area contributed by atoms with Crippen LogP contribution in [0, 0.1) is 12.8 Å². The van der Waals surface area contributed by atoms with Crippen LogP contribution < -0.4 is 5.73 Å². The first-order valence-corrected chi connectivity index (χ1v) is 6.02. The number of hydrogen-bond donors (Lipinski definition) is 1. The summed E-state index contributed by atoms with van der Waals surface area (Å²) in [6.45, 7) is 9.41. The maximum absolute atomic E-state index is 5.66. The number of rotatable bonds is 4. The van der Waals surface area contributed by atoms with E-state index < -0.39 is 0 Å². The second-order valence-electron chi connectivity index (χ2n) is 4.29. The van der Waals surface area contributed by atoms with Crippen LogP contribution in [0.25, 0.3) is 0 Å². The van der Waals surface area contributed by atoms with Gasteiger partial charge in [-0.25, -0.2) is 4.98 Å². The van der Waals surface area contributed by atoms with Crippen molar-refractivity contribution in [2.75, 3.05) is 6.54 Å². The molecule has 0 amide bonds. The van der Waals surface area contributed by atoms with Crippen LogP contribution in [-0.2, 0) is 6.42 Å². The van der Waals surface area contributed by atoms with E-state index in [1.165, 1.54) is 15.6 Å². The third-order valence-electron chi connectivity index (χ3n) is 2.26. The summed E-state index contributed by atoms with van der Waals surface area (Å²) in [7, 11) is 0. The Balaban J connectivity index is 2.82. The molecule has 0 fully saturated rings. The van der Waals surface area contributed by atoms with Gasteiger partial charge in [-0.3, -0.25) is 0 Å². The molecule has 0 aliphatic rings. The van der Waals surface area contributed by atoms with Gasteiger partial charge in [0.05, 0.1) is 10.7 Å². The Labute approximate surface area is 90.6 Å². The average molecular weight is 212 g/mol. The van der Waals surface area contributed by atoms with Crippen molar-refractivity contribution in [3.63, 3.8) is 0 Å². The average Bonchev–Trinajstić information content (AvgIpc) is 2.44. The van der Waals surface area contributed by atoms with E-state index in [0.717, 1.165) is 6.42 Å². The molecule has 80 valence electrons. The van der Waals surface area contributed by atoms with Gasteiger partial charge >= 0.3 is 0 Å². The monoisotopic (exact) mass is 212 g/mol. The lowest BCUT2D eigenvalue weighted by Crippen LogP contribution is -2.08. The summed E-state index contributed by atoms with van der Waals surface area (Å²) >= 11 is 1.83. The lowest BCUT2D eigenvalue weighted by molar-refractivity contribution is 0.643. The minimum atomic E-state index is 0.452. The summed E-state index contributed by atoms with van der Waals surface area (Å²) in [6.07, 6.45) is 1.09. The standard InChI is InChI=1S/C11H20N2S/c1-7(2)5-10-13-9(4)11(14-10)8(3)6-12/h7-8H,5-6,12H2,1-4H3. The molecule has 0 aromatic carbocycles. The third kappa shape index (κ3) is 2.79. The Morgan fingerprint density at radius 3 is 2.50 bits per heavy atom. The quantitative estimate of drug-likeness (QED) is 0.833. The van der Waals surface area contributed by atoms with E-state index in [4.69, 9.17) is 5.73 Å². The Bertz CT molecular complexity index is 291. The normalized spacial score (nSPS) is 13.6. The van der Waals surface area contributed by atoms with E-state index in [1.54, 1.807) is 0 Å². The maximum Gasteiger partial charge on any atom is 0.0933 e. The van der Waals surface area contributed by atoms with E-state index in [9.17, 15) is 0 Å². The zero-order valence-corrected chi connectivity index (χ0v) is 10.3. The molecule has 0 aliphatic carbocycles. The van der Waals surface area contributed by atoms with Crippen molar-refractivity contribution in [3.8, 4) is 0 Å². The first-order chi connectivity index (χ1) is 6.54. The fourth-order valence-corrected chi connectivity index (χ4v) is 2.81. The number of aromatic nitrogens is 1. The van der Waals surface area contributed by atoms with Crippen LogP contribution in [0.15, 0.2) is 0 Å². The van der Waals surface area contributed by atoms with Gasteiger partial charge in [-0.05, 0) is 19.4 Å². The number of aryl methyl sites for hydroxylation is 1. The molecule has 0 aliphatic heterocycles. The van der Waals surface area contributed by atoms with Gasteiger partial charge in [-0.15, -0.1) is 11.3 Å². The second-order valence-corrected chi connectivity index (χ2v) is 5.41. The molecule has 1 unspecified atom stereocenters. The Kier molecular flexibility index (Phi) is 4.08. The maximum atomic E-state index is 5.66. The van der Waals surface area contributed by atoms with Crippen molar-refractivity contribution in [2.45, 2.75) is 40.0 Å². The van der Waals surface area contributed by atoms with E-state index in [0.29, 0.717) is 18.4 Å². The predicted molar refractivity (Wildman–Crippen MR) is 62.9 cm³/mol. The molecule has 14 heavy (non-hydrogen) atoms. The lowest BCUT2D eigenvalue weighted by atomic mass is 10.1. The highest BCUT2D eigenvalue weighted by Crippen LogP contribution is 2.27. The smallest absolute Gasteiger partial charge is 0.0933 e. The van der Waals surface area contributed by atoms with Crippen LogP contribution in [0.2, 0.25) is 0 Å². The first-order valence-electron chi connectivity index (χ1n) is 5.20. The third-order valence-corrected chi connectivity index (χ3v) is 3.67. The molecule has 1 rings (SSSR count). The summed E-state index contributed by atoms with van der Waals surface area (Å²) in [5.74, 6) is 1.13. The molecule has 1 aromatic heterocycles. The topological polar surface area (TPSA) is 38.9 Å². The fraction of sp³-hybridized carbons (Fsp3) is 0.727. The van der Waals surface area contributed by atoms with E-state index in [-0.39, 0.29) is 0 Å². The number of nitrogens with two attached hydrogens (primary N) is 1. The number of thiazole rings is 1. The molecule has 3 heteroatoms. The molecule has 2 N–H and O–H groups in total. The SMILES string of the molecule is Cc1nc(CC(C)C)sc1C(C)CN. The molecular formula is C11H20N2S. The minimum Gasteiger partial charge on any atom is -0.330 e. The van der Waals surface area contributed by atoms with E-state index in [2.05, 4.69) is 32.7 Å². The van der Waals surface area contributed by atoms with Gasteiger partial charge in [0, 0.05) is 17.2 Å². The van der Waals surface area contributed by atoms with Crippen LogP contribution in [0.4, 0.5) is 0 Å². The van der Waals surface area contributed by atoms with Crippen molar-refractivity contribution in [2.24, 2.45) is 11.7 Å². The molecule has 2 nitrogen and oxygen atoms in total. The number of hydrogen-bond acceptors (Lipinski definition) is 3. The van der Waals surface area contributed by atoms with Gasteiger partial charge in [0.2, 0.25) is 0 Å². The second kappa shape index (κ2) is 4.89. The van der Waals surface area contributed by atoms with Gasteiger partial charge in [0.15, 0.2) is 0 Å². The lowest BCUT2D eigenvalue weighted by Gasteiger charge is -2.04. The molecule has 1 heterocycles. The first kappa shape index (κ1) is 11.7. The molecule has 0 saturated carbocycles. The highest BCUT2D eigenvalue weighted by Gasteiger charge is 2.13. The molecule has 0 saturated heterocycles. The van der Waals surface area contributed by atoms with Crippen LogP contribution in [-0.4, -0.2) is 11.5 Å². The summed E-state index contributed by atoms with van der Waals surface area (Å²) in [5.41, 5.74) is 6.83. The predicted octanol–water partition coefficient (Wildman–Crippen LogP) is 2.71. The zero-order chi connectivity index (χ0) is 10.7. The summed E-state index contributed by atoms with van der Waals surface area (Å²) < 4.78 is 0. The van der Waals surface area contributed by atoms with Crippen LogP contribution in [0.1, 0.15) is 42.3 Å². The van der Waals surface area contributed by atoms with Crippen LogP contribution in [0.5, 0.6) is 0 Å². The van der Waals surface area contributed by atoms with Gasteiger partial charge in [-0.2, -0.15) is 0 Å². The van der Waals surface area contributed by atoms with Gasteiger partial charge in [0.1, 0.15) is 0 Å². The van der Waals surface area contributed by atoms with Gasteiger partial charge in [0.25, 0.3) is 0 Å². The molecule has 0 radical (unpaired) electrons. The zero-order valence-electron chi connectivity index (χ0n) is 9.50. The fourth-order valence-electron chi connectivity index (χ4n) is 1.47. The van der Waals surface area contributed by atoms with Gasteiger partial charge in [-0.1, -0.05) is 20.8 Å². The number of nitrogens with zero attached hydrogens (tertiary/aromatic N) is 1. The summed E-state index contributed by atoms with van der Waals surface area (Å²) in [6, 6.07) is 0. The van der Waals surface area contributed by atoms with Crippen molar-refractivity contribution in [3.05, 3.63) is 15.6 Å². The van der Waals surface area contributed by atoms with Crippen molar-refractivity contribution < 1.29 is 0 Å². The van der Waals surface area contributed by atoms with Crippen molar-refractivity contribution in [1.82, 2.24) is 4.98 Å². The molecule has 1 aromatic rings. The van der Waals surface area contributed by atoms with Crippen molar-refractivity contribution >= 4 is 11.3 Å². The molecule has 0 spiro atoms. The highest BCUT2D eigenvalue weighted by atomic mass is 32.1. The molecule has 0 bridgehead atoms. The Hall–Kier alpha value is -0.410. The summed E-state index contributed by atoms with van der Waals surface area (Å²) in [4.78, 5) is 5.95. The van der Waals surface area contributed by atoms with Crippen LogP contribution in [0.3, 0.4) is 0 Å². The van der Waals surface area contributed by atoms with Crippen molar-refractivity contribution in [1.29, 1.82) is 0 Å². The summed E-state index contributed by atoms with van der Waals surface area (Å²) in [5, 5.41) is 1.26. The largest absolute Gasteiger partial charge is 0.330 e. The van der Waals surface area contributed by atoms with Crippen LogP contribution >= 0.6 is 11.3 Å². The Morgan fingerprint density at radius 1 is 1.36 bits per heavy atom. The van der Waals surface area contributed by atoms with E-state index >= 15 is 0 Å². The molecule has 1 atom stereocenters.